The molecule has 0 N–H and O–H groups in total. The minimum Gasteiger partial charge on any atom is -0.474 e. The van der Waals surface area contributed by atoms with Crippen molar-refractivity contribution >= 4 is 16.6 Å². The highest BCUT2D eigenvalue weighted by Crippen LogP contribution is 2.30. The Morgan fingerprint density at radius 1 is 1.03 bits per heavy atom. The van der Waals surface area contributed by atoms with Crippen molar-refractivity contribution in [3.63, 3.8) is 0 Å². The lowest BCUT2D eigenvalue weighted by molar-refractivity contribution is 0.204. The average molecular weight is 393 g/mol. The van der Waals surface area contributed by atoms with Crippen LogP contribution in [0.3, 0.4) is 0 Å². The predicted octanol–water partition coefficient (Wildman–Crippen LogP) is 3.01. The molecule has 1 aromatic carbocycles. The first-order chi connectivity index (χ1) is 14.2. The van der Waals surface area contributed by atoms with Crippen LogP contribution >= 0.6 is 0 Å². The molecule has 0 spiro atoms. The van der Waals surface area contributed by atoms with Gasteiger partial charge in [0.25, 0.3) is 0 Å². The van der Waals surface area contributed by atoms with Crippen LogP contribution in [0.4, 0.5) is 5.69 Å². The molecule has 3 aromatic rings. The number of imidazole rings is 1. The van der Waals surface area contributed by atoms with Crippen LogP contribution in [-0.4, -0.2) is 56.7 Å². The maximum atomic E-state index is 6.23. The Hall–Kier alpha value is -2.67. The SMILES string of the molecule is Cn1cnc(CN2CCN(c3ccc4ncnc(OC5CCCC5)c4c3)CC2)c1. The van der Waals surface area contributed by atoms with E-state index in [0.717, 1.165) is 68.0 Å². The molecule has 0 unspecified atom stereocenters. The summed E-state index contributed by atoms with van der Waals surface area (Å²) in [5, 5.41) is 1.02. The lowest BCUT2D eigenvalue weighted by Gasteiger charge is -2.35. The number of ether oxygens (including phenoxy) is 1. The Morgan fingerprint density at radius 2 is 1.86 bits per heavy atom. The van der Waals surface area contributed by atoms with Crippen molar-refractivity contribution in [1.29, 1.82) is 0 Å². The third-order valence-corrected chi connectivity index (χ3v) is 6.04. The third kappa shape index (κ3) is 4.05. The minimum atomic E-state index is 0.298. The van der Waals surface area contributed by atoms with Crippen molar-refractivity contribution in [3.05, 3.63) is 42.7 Å². The number of aromatic nitrogens is 4. The van der Waals surface area contributed by atoms with E-state index in [1.54, 1.807) is 6.33 Å². The molecular formula is C22H28N6O. The molecule has 2 aromatic heterocycles. The lowest BCUT2D eigenvalue weighted by Crippen LogP contribution is -2.46. The molecule has 1 aliphatic heterocycles. The molecule has 7 nitrogen and oxygen atoms in total. The lowest BCUT2D eigenvalue weighted by atomic mass is 10.1. The van der Waals surface area contributed by atoms with Gasteiger partial charge in [-0.3, -0.25) is 4.90 Å². The molecule has 0 amide bonds. The monoisotopic (exact) mass is 392 g/mol. The molecule has 2 fully saturated rings. The van der Waals surface area contributed by atoms with Crippen LogP contribution in [0.5, 0.6) is 5.88 Å². The van der Waals surface area contributed by atoms with E-state index in [2.05, 4.69) is 49.1 Å². The van der Waals surface area contributed by atoms with Gasteiger partial charge in [-0.25, -0.2) is 15.0 Å². The number of hydrogen-bond donors (Lipinski definition) is 0. The van der Waals surface area contributed by atoms with E-state index in [9.17, 15) is 0 Å². The van der Waals surface area contributed by atoms with Crippen LogP contribution in [-0.2, 0) is 13.6 Å². The fourth-order valence-corrected chi connectivity index (χ4v) is 4.42. The second-order valence-corrected chi connectivity index (χ2v) is 8.20. The fourth-order valence-electron chi connectivity index (χ4n) is 4.42. The predicted molar refractivity (Wildman–Crippen MR) is 113 cm³/mol. The van der Waals surface area contributed by atoms with Crippen LogP contribution in [0.25, 0.3) is 10.9 Å². The molecular weight excluding hydrogens is 364 g/mol. The largest absolute Gasteiger partial charge is 0.474 e. The topological polar surface area (TPSA) is 59.3 Å². The first kappa shape index (κ1) is 18.4. The summed E-state index contributed by atoms with van der Waals surface area (Å²) in [6.07, 6.45) is 10.6. The van der Waals surface area contributed by atoms with E-state index in [1.165, 1.54) is 18.5 Å². The van der Waals surface area contributed by atoms with Gasteiger partial charge in [-0.2, -0.15) is 0 Å². The summed E-state index contributed by atoms with van der Waals surface area (Å²) in [7, 11) is 2.02. The molecule has 7 heteroatoms. The zero-order valence-electron chi connectivity index (χ0n) is 17.0. The van der Waals surface area contributed by atoms with E-state index >= 15 is 0 Å². The quantitative estimate of drug-likeness (QED) is 0.665. The average Bonchev–Trinajstić information content (AvgIpc) is 3.40. The Morgan fingerprint density at radius 3 is 2.62 bits per heavy atom. The van der Waals surface area contributed by atoms with E-state index in [-0.39, 0.29) is 0 Å². The molecule has 0 radical (unpaired) electrons. The number of benzene rings is 1. The normalized spacial score (nSPS) is 18.6. The molecule has 1 aliphatic carbocycles. The highest BCUT2D eigenvalue weighted by Gasteiger charge is 2.21. The molecule has 1 saturated heterocycles. The molecule has 29 heavy (non-hydrogen) atoms. The highest BCUT2D eigenvalue weighted by atomic mass is 16.5. The maximum absolute atomic E-state index is 6.23. The molecule has 3 heterocycles. The van der Waals surface area contributed by atoms with Crippen LogP contribution in [0.1, 0.15) is 31.4 Å². The molecule has 0 atom stereocenters. The number of fused-ring (bicyclic) bond motifs is 1. The number of anilines is 1. The van der Waals surface area contributed by atoms with Crippen molar-refractivity contribution in [2.75, 3.05) is 31.1 Å². The van der Waals surface area contributed by atoms with Crippen molar-refractivity contribution in [2.24, 2.45) is 7.05 Å². The van der Waals surface area contributed by atoms with Gasteiger partial charge in [-0.15, -0.1) is 0 Å². The van der Waals surface area contributed by atoms with Gasteiger partial charge in [0, 0.05) is 51.7 Å². The summed E-state index contributed by atoms with van der Waals surface area (Å²) in [5.41, 5.74) is 3.31. The number of aryl methyl sites for hydroxylation is 1. The van der Waals surface area contributed by atoms with Gasteiger partial charge >= 0.3 is 0 Å². The van der Waals surface area contributed by atoms with Gasteiger partial charge in [0.2, 0.25) is 5.88 Å². The summed E-state index contributed by atoms with van der Waals surface area (Å²) in [5.74, 6) is 0.734. The van der Waals surface area contributed by atoms with Crippen LogP contribution in [0.2, 0.25) is 0 Å². The van der Waals surface area contributed by atoms with E-state index < -0.39 is 0 Å². The Bertz CT molecular complexity index is 972. The van der Waals surface area contributed by atoms with Crippen LogP contribution in [0, 0.1) is 0 Å². The second kappa shape index (κ2) is 7.99. The summed E-state index contributed by atoms with van der Waals surface area (Å²) in [6, 6.07) is 6.46. The van der Waals surface area contributed by atoms with Crippen LogP contribution in [0.15, 0.2) is 37.1 Å². The standard InChI is InChI=1S/C22H28N6O/c1-26-13-17(25-16-26)14-27-8-10-28(11-9-27)18-6-7-21-20(12-18)22(24-15-23-21)29-19-4-2-3-5-19/h6-7,12-13,15-16,19H,2-5,8-11,14H2,1H3. The molecule has 2 aliphatic rings. The highest BCUT2D eigenvalue weighted by molar-refractivity contribution is 5.86. The van der Waals surface area contributed by atoms with Gasteiger partial charge in [-0.1, -0.05) is 0 Å². The maximum Gasteiger partial charge on any atom is 0.224 e. The smallest absolute Gasteiger partial charge is 0.224 e. The minimum absolute atomic E-state index is 0.298. The third-order valence-electron chi connectivity index (χ3n) is 6.04. The van der Waals surface area contributed by atoms with E-state index in [4.69, 9.17) is 4.74 Å². The van der Waals surface area contributed by atoms with Gasteiger partial charge in [0.1, 0.15) is 12.4 Å². The number of rotatable bonds is 5. The van der Waals surface area contributed by atoms with Crippen molar-refractivity contribution < 1.29 is 4.74 Å². The summed E-state index contributed by atoms with van der Waals surface area (Å²) < 4.78 is 8.24. The Kier molecular flexibility index (Phi) is 5.06. The number of nitrogens with zero attached hydrogens (tertiary/aromatic N) is 6. The summed E-state index contributed by atoms with van der Waals surface area (Å²) in [4.78, 5) is 18.3. The van der Waals surface area contributed by atoms with Gasteiger partial charge < -0.3 is 14.2 Å². The summed E-state index contributed by atoms with van der Waals surface area (Å²) >= 11 is 0. The number of hydrogen-bond acceptors (Lipinski definition) is 6. The fraction of sp³-hybridized carbons (Fsp3) is 0.500. The first-order valence-electron chi connectivity index (χ1n) is 10.6. The van der Waals surface area contributed by atoms with E-state index in [1.807, 2.05) is 17.9 Å². The van der Waals surface area contributed by atoms with Crippen LogP contribution < -0.4 is 9.64 Å². The Labute approximate surface area is 171 Å². The molecule has 1 saturated carbocycles. The molecule has 152 valence electrons. The van der Waals surface area contributed by atoms with Gasteiger partial charge in [-0.05, 0) is 43.9 Å². The Balaban J connectivity index is 1.29. The van der Waals surface area contributed by atoms with Crippen molar-refractivity contribution in [2.45, 2.75) is 38.3 Å². The molecule has 5 rings (SSSR count). The van der Waals surface area contributed by atoms with Gasteiger partial charge in [0.05, 0.1) is 22.9 Å². The summed E-state index contributed by atoms with van der Waals surface area (Å²) in [6.45, 7) is 4.99. The van der Waals surface area contributed by atoms with Crippen molar-refractivity contribution in [3.8, 4) is 5.88 Å². The molecule has 0 bridgehead atoms. The van der Waals surface area contributed by atoms with E-state index in [0.29, 0.717) is 6.10 Å². The van der Waals surface area contributed by atoms with Gasteiger partial charge in [0.15, 0.2) is 0 Å². The first-order valence-corrected chi connectivity index (χ1v) is 10.6. The second-order valence-electron chi connectivity index (χ2n) is 8.20. The number of piperazine rings is 1. The van der Waals surface area contributed by atoms with Crippen molar-refractivity contribution in [1.82, 2.24) is 24.4 Å². The zero-order chi connectivity index (χ0) is 19.6. The zero-order valence-corrected chi connectivity index (χ0v) is 17.0.